The minimum absolute atomic E-state index is 0.315. The minimum Gasteiger partial charge on any atom is -0.319 e. The van der Waals surface area contributed by atoms with Crippen LogP contribution in [0.4, 0.5) is 5.69 Å². The number of fused-ring (bicyclic) bond motifs is 2. The second-order valence-electron chi connectivity index (χ2n) is 6.64. The van der Waals surface area contributed by atoms with E-state index in [-0.39, 0.29) is 5.91 Å². The zero-order chi connectivity index (χ0) is 21.7. The molecule has 0 saturated carbocycles. The van der Waals surface area contributed by atoms with E-state index in [0.717, 1.165) is 20.3 Å². The van der Waals surface area contributed by atoms with Gasteiger partial charge in [-0.2, -0.15) is 0 Å². The van der Waals surface area contributed by atoms with Gasteiger partial charge in [0.15, 0.2) is 0 Å². The number of anilines is 1. The Morgan fingerprint density at radius 3 is 2.48 bits per heavy atom. The molecule has 0 fully saturated rings. The van der Waals surface area contributed by atoms with Crippen LogP contribution in [0, 0.1) is 0 Å². The summed E-state index contributed by atoms with van der Waals surface area (Å²) in [4.78, 5) is 18.2. The number of carbonyl (C=O) groups is 1. The van der Waals surface area contributed by atoms with Crippen LogP contribution in [0.5, 0.6) is 0 Å². The smallest absolute Gasteiger partial charge is 0.267 e. The molecule has 0 unspecified atom stereocenters. The van der Waals surface area contributed by atoms with Crippen molar-refractivity contribution < 1.29 is 4.79 Å². The van der Waals surface area contributed by atoms with E-state index in [0.29, 0.717) is 41.2 Å². The molecule has 0 bridgehead atoms. The fourth-order valence-electron chi connectivity index (χ4n) is 3.21. The molecule has 31 heavy (non-hydrogen) atoms. The van der Waals surface area contributed by atoms with Crippen molar-refractivity contribution in [3.8, 4) is 10.6 Å². The van der Waals surface area contributed by atoms with Gasteiger partial charge in [-0.15, -0.1) is 22.7 Å². The molecule has 5 aromatic rings. The van der Waals surface area contributed by atoms with Gasteiger partial charge in [0, 0.05) is 25.7 Å². The highest BCUT2D eigenvalue weighted by Crippen LogP contribution is 2.42. The number of nitrogens with zero attached hydrogens (tertiary/aromatic N) is 1. The topological polar surface area (TPSA) is 42.0 Å². The van der Waals surface area contributed by atoms with Crippen molar-refractivity contribution in [2.75, 3.05) is 5.32 Å². The molecule has 9 heteroatoms. The first-order valence-electron chi connectivity index (χ1n) is 8.94. The summed E-state index contributed by atoms with van der Waals surface area (Å²) >= 11 is 28.1. The van der Waals surface area contributed by atoms with Gasteiger partial charge < -0.3 is 5.32 Å². The van der Waals surface area contributed by atoms with Crippen molar-refractivity contribution in [1.82, 2.24) is 4.98 Å². The molecule has 0 atom stereocenters. The molecule has 0 aliphatic heterocycles. The highest BCUT2D eigenvalue weighted by molar-refractivity contribution is 7.22. The molecular weight excluding hydrogens is 514 g/mol. The van der Waals surface area contributed by atoms with Gasteiger partial charge in [0.2, 0.25) is 0 Å². The van der Waals surface area contributed by atoms with Crippen molar-refractivity contribution in [2.24, 2.45) is 0 Å². The normalized spacial score (nSPS) is 11.4. The highest BCUT2D eigenvalue weighted by Gasteiger charge is 2.22. The lowest BCUT2D eigenvalue weighted by molar-refractivity contribution is 0.103. The lowest BCUT2D eigenvalue weighted by Crippen LogP contribution is -2.12. The average molecular weight is 524 g/mol. The summed E-state index contributed by atoms with van der Waals surface area (Å²) in [7, 11) is 0. The Balaban J connectivity index is 1.59. The van der Waals surface area contributed by atoms with Crippen LogP contribution in [0.1, 0.15) is 9.67 Å². The quantitative estimate of drug-likeness (QED) is 0.256. The van der Waals surface area contributed by atoms with Gasteiger partial charge in [-0.25, -0.2) is 4.98 Å². The molecule has 3 aromatic carbocycles. The summed E-state index contributed by atoms with van der Waals surface area (Å²) in [6, 6.07) is 16.5. The van der Waals surface area contributed by atoms with Crippen LogP contribution in [-0.2, 0) is 0 Å². The van der Waals surface area contributed by atoms with Crippen LogP contribution in [0.3, 0.4) is 0 Å². The number of halogens is 4. The van der Waals surface area contributed by atoms with Crippen molar-refractivity contribution in [3.05, 3.63) is 79.6 Å². The maximum Gasteiger partial charge on any atom is 0.267 e. The van der Waals surface area contributed by atoms with Crippen molar-refractivity contribution in [3.63, 3.8) is 0 Å². The number of rotatable bonds is 3. The molecule has 0 saturated heterocycles. The standard InChI is InChI=1S/C22H10Cl4N2OS2/c23-10-5-6-12-17(9-10)30-20(18(12)26)21(29)28-19-13(7-11(24)8-14(19)25)22-27-15-3-1-2-4-16(15)31-22/h1-9H,(H,28,29). The van der Waals surface area contributed by atoms with Gasteiger partial charge in [0.1, 0.15) is 9.88 Å². The number of thiazole rings is 1. The third-order valence-electron chi connectivity index (χ3n) is 4.62. The SMILES string of the molecule is O=C(Nc1c(Cl)cc(Cl)cc1-c1nc2ccccc2s1)c1sc2cc(Cl)ccc2c1Cl. The summed E-state index contributed by atoms with van der Waals surface area (Å²) in [6.07, 6.45) is 0. The third kappa shape index (κ3) is 3.91. The second kappa shape index (κ2) is 8.24. The lowest BCUT2D eigenvalue weighted by Gasteiger charge is -2.12. The molecule has 1 amide bonds. The van der Waals surface area contributed by atoms with Gasteiger partial charge in [-0.3, -0.25) is 4.79 Å². The van der Waals surface area contributed by atoms with Gasteiger partial charge >= 0.3 is 0 Å². The molecule has 2 aromatic heterocycles. The average Bonchev–Trinajstić information content (AvgIpc) is 3.30. The maximum atomic E-state index is 13.2. The number of nitrogens with one attached hydrogen (secondary N) is 1. The number of amides is 1. The summed E-state index contributed by atoms with van der Waals surface area (Å²) in [6.45, 7) is 0. The van der Waals surface area contributed by atoms with Crippen LogP contribution in [-0.4, -0.2) is 10.9 Å². The molecule has 5 rings (SSSR count). The lowest BCUT2D eigenvalue weighted by atomic mass is 10.1. The minimum atomic E-state index is -0.367. The summed E-state index contributed by atoms with van der Waals surface area (Å²) in [5.74, 6) is -0.367. The number of thiophene rings is 1. The van der Waals surface area contributed by atoms with Crippen molar-refractivity contribution in [1.29, 1.82) is 0 Å². The zero-order valence-corrected chi connectivity index (χ0v) is 20.0. The van der Waals surface area contributed by atoms with Gasteiger partial charge in [0.25, 0.3) is 5.91 Å². The van der Waals surface area contributed by atoms with E-state index in [1.165, 1.54) is 22.7 Å². The molecule has 0 aliphatic carbocycles. The van der Waals surface area contributed by atoms with E-state index in [1.807, 2.05) is 24.3 Å². The van der Waals surface area contributed by atoms with Gasteiger partial charge in [-0.1, -0.05) is 64.6 Å². The summed E-state index contributed by atoms with van der Waals surface area (Å²) < 4.78 is 1.85. The van der Waals surface area contributed by atoms with Crippen LogP contribution in [0.15, 0.2) is 54.6 Å². The third-order valence-corrected chi connectivity index (χ3v) is 8.09. The van der Waals surface area contributed by atoms with Gasteiger partial charge in [-0.05, 0) is 36.4 Å². The fraction of sp³-hybridized carbons (Fsp3) is 0. The number of aromatic nitrogens is 1. The number of para-hydroxylation sites is 1. The fourth-order valence-corrected chi connectivity index (χ4v) is 6.43. The van der Waals surface area contributed by atoms with E-state index in [4.69, 9.17) is 46.4 Å². The van der Waals surface area contributed by atoms with E-state index in [1.54, 1.807) is 30.3 Å². The number of benzene rings is 3. The Labute approximate surface area is 205 Å². The first-order valence-corrected chi connectivity index (χ1v) is 12.1. The first-order chi connectivity index (χ1) is 14.9. The first kappa shape index (κ1) is 21.0. The Morgan fingerprint density at radius 1 is 0.871 bits per heavy atom. The van der Waals surface area contributed by atoms with Crippen molar-refractivity contribution in [2.45, 2.75) is 0 Å². The van der Waals surface area contributed by atoms with Crippen molar-refractivity contribution >= 4 is 101 Å². The van der Waals surface area contributed by atoms with E-state index < -0.39 is 0 Å². The summed E-state index contributed by atoms with van der Waals surface area (Å²) in [5.41, 5.74) is 1.94. The second-order valence-corrected chi connectivity index (χ2v) is 10.4. The number of hydrogen-bond acceptors (Lipinski definition) is 4. The molecular formula is C22H10Cl4N2OS2. The van der Waals surface area contributed by atoms with Crippen LogP contribution >= 0.6 is 69.1 Å². The zero-order valence-electron chi connectivity index (χ0n) is 15.4. The van der Waals surface area contributed by atoms with Crippen LogP contribution in [0.2, 0.25) is 20.1 Å². The molecule has 3 nitrogen and oxygen atoms in total. The molecule has 0 aliphatic rings. The Kier molecular flexibility index (Phi) is 5.59. The Bertz CT molecular complexity index is 1460. The largest absolute Gasteiger partial charge is 0.319 e. The maximum absolute atomic E-state index is 13.2. The molecule has 0 spiro atoms. The molecule has 0 radical (unpaired) electrons. The Morgan fingerprint density at radius 2 is 1.68 bits per heavy atom. The predicted octanol–water partition coefficient (Wildman–Crippen LogP) is 9.04. The number of hydrogen-bond donors (Lipinski definition) is 1. The monoisotopic (exact) mass is 522 g/mol. The van der Waals surface area contributed by atoms with E-state index >= 15 is 0 Å². The molecule has 154 valence electrons. The number of carbonyl (C=O) groups excluding carboxylic acids is 1. The summed E-state index contributed by atoms with van der Waals surface area (Å²) in [5, 5.41) is 6.11. The highest BCUT2D eigenvalue weighted by atomic mass is 35.5. The molecule has 2 heterocycles. The van der Waals surface area contributed by atoms with Gasteiger partial charge in [0.05, 0.1) is 25.9 Å². The van der Waals surface area contributed by atoms with Crippen LogP contribution in [0.25, 0.3) is 30.9 Å². The van der Waals surface area contributed by atoms with E-state index in [2.05, 4.69) is 10.3 Å². The molecule has 1 N–H and O–H groups in total. The Hall–Kier alpha value is -1.86. The van der Waals surface area contributed by atoms with E-state index in [9.17, 15) is 4.79 Å². The van der Waals surface area contributed by atoms with Crippen LogP contribution < -0.4 is 5.32 Å². The predicted molar refractivity (Wildman–Crippen MR) is 135 cm³/mol.